The minimum atomic E-state index is -0.425. The number of amides is 2. The van der Waals surface area contributed by atoms with Crippen LogP contribution in [0.3, 0.4) is 0 Å². The number of nitrogens with zero attached hydrogens (tertiary/aromatic N) is 1. The predicted octanol–water partition coefficient (Wildman–Crippen LogP) is 4.10. The lowest BCUT2D eigenvalue weighted by molar-refractivity contribution is -0.122. The highest BCUT2D eigenvalue weighted by Crippen LogP contribution is 2.33. The monoisotopic (exact) mass is 371 g/mol. The molecule has 2 heterocycles. The van der Waals surface area contributed by atoms with Gasteiger partial charge in [0.2, 0.25) is 0 Å². The maximum Gasteiger partial charge on any atom is 0.337 e. The highest BCUT2D eigenvalue weighted by molar-refractivity contribution is 8.18. The number of likely N-dealkylation sites (N-methyl/N-ethyl adjacent to an activating group) is 1. The number of methoxy groups -OCH3 is 1. The summed E-state index contributed by atoms with van der Waals surface area (Å²) in [5, 5.41) is -0.280. The van der Waals surface area contributed by atoms with E-state index in [-0.39, 0.29) is 11.1 Å². The molecule has 0 saturated carbocycles. The number of ether oxygens (including phenoxy) is 1. The van der Waals surface area contributed by atoms with Gasteiger partial charge in [-0.25, -0.2) is 4.79 Å². The van der Waals surface area contributed by atoms with Gasteiger partial charge in [0.05, 0.1) is 17.6 Å². The highest BCUT2D eigenvalue weighted by atomic mass is 32.2. The van der Waals surface area contributed by atoms with Crippen LogP contribution in [-0.4, -0.2) is 35.7 Å². The zero-order valence-electron chi connectivity index (χ0n) is 14.6. The minimum absolute atomic E-state index is 0.280. The molecule has 2 aromatic rings. The van der Waals surface area contributed by atoms with Gasteiger partial charge in [-0.05, 0) is 55.4 Å². The molecule has 0 bridgehead atoms. The molecule has 0 N–H and O–H groups in total. The lowest BCUT2D eigenvalue weighted by Crippen LogP contribution is -2.27. The van der Waals surface area contributed by atoms with Crippen LogP contribution in [0.15, 0.2) is 39.7 Å². The van der Waals surface area contributed by atoms with Gasteiger partial charge in [-0.2, -0.15) is 0 Å². The van der Waals surface area contributed by atoms with Crippen LogP contribution in [-0.2, 0) is 9.53 Å². The zero-order valence-corrected chi connectivity index (χ0v) is 15.4. The average Bonchev–Trinajstić information content (AvgIpc) is 3.19. The molecule has 1 saturated heterocycles. The molecule has 0 spiro atoms. The van der Waals surface area contributed by atoms with Crippen molar-refractivity contribution in [3.05, 3.63) is 52.1 Å². The maximum absolute atomic E-state index is 12.2. The summed E-state index contributed by atoms with van der Waals surface area (Å²) in [4.78, 5) is 37.2. The Morgan fingerprint density at radius 1 is 1.27 bits per heavy atom. The molecular formula is C19H17NO5S. The molecule has 6 nitrogen and oxygen atoms in total. The molecule has 0 aliphatic carbocycles. The van der Waals surface area contributed by atoms with E-state index in [2.05, 4.69) is 0 Å². The molecular weight excluding hydrogens is 354 g/mol. The van der Waals surface area contributed by atoms with Crippen molar-refractivity contribution in [2.45, 2.75) is 13.8 Å². The van der Waals surface area contributed by atoms with Crippen LogP contribution in [0.1, 0.15) is 28.6 Å². The lowest BCUT2D eigenvalue weighted by atomic mass is 10.0. The Morgan fingerprint density at radius 3 is 2.69 bits per heavy atom. The van der Waals surface area contributed by atoms with Gasteiger partial charge in [0, 0.05) is 18.2 Å². The Bertz CT molecular complexity index is 928. The molecule has 0 atom stereocenters. The van der Waals surface area contributed by atoms with E-state index in [1.54, 1.807) is 37.3 Å². The molecule has 1 fully saturated rings. The minimum Gasteiger partial charge on any atom is -0.465 e. The van der Waals surface area contributed by atoms with Gasteiger partial charge in [-0.1, -0.05) is 6.07 Å². The molecule has 1 aromatic heterocycles. The number of carbonyl (C=O) groups is 3. The second kappa shape index (κ2) is 7.21. The van der Waals surface area contributed by atoms with E-state index in [4.69, 9.17) is 9.15 Å². The van der Waals surface area contributed by atoms with E-state index in [0.717, 1.165) is 22.9 Å². The lowest BCUT2D eigenvalue weighted by Gasteiger charge is -2.06. The number of imide groups is 1. The van der Waals surface area contributed by atoms with Crippen molar-refractivity contribution >= 4 is 35.0 Å². The van der Waals surface area contributed by atoms with E-state index < -0.39 is 5.97 Å². The molecule has 0 unspecified atom stereocenters. The summed E-state index contributed by atoms with van der Waals surface area (Å²) in [5.41, 5.74) is 2.12. The fourth-order valence-electron chi connectivity index (χ4n) is 2.61. The van der Waals surface area contributed by atoms with Crippen molar-refractivity contribution in [2.75, 3.05) is 13.7 Å². The average molecular weight is 371 g/mol. The standard InChI is InChI=1S/C19H17NO5S/c1-4-20-17(21)16(26-19(20)23)10-13-7-8-15(25-13)14-9-12(18(22)24-3)6-5-11(14)2/h5-10H,4H2,1-3H3/b16-10+. The van der Waals surface area contributed by atoms with Gasteiger partial charge in [0.25, 0.3) is 11.1 Å². The molecule has 3 rings (SSSR count). The summed E-state index contributed by atoms with van der Waals surface area (Å²) in [6.45, 7) is 4.00. The largest absolute Gasteiger partial charge is 0.465 e. The van der Waals surface area contributed by atoms with Gasteiger partial charge >= 0.3 is 5.97 Å². The topological polar surface area (TPSA) is 76.8 Å². The number of rotatable bonds is 4. The number of aryl methyl sites for hydroxylation is 1. The smallest absolute Gasteiger partial charge is 0.337 e. The van der Waals surface area contributed by atoms with Crippen LogP contribution in [0.2, 0.25) is 0 Å². The molecule has 7 heteroatoms. The molecule has 1 aromatic carbocycles. The SMILES string of the molecule is CCN1C(=O)S/C(=C/c2ccc(-c3cc(C(=O)OC)ccc3C)o2)C1=O. The van der Waals surface area contributed by atoms with E-state index in [1.165, 1.54) is 12.0 Å². The van der Waals surface area contributed by atoms with Crippen LogP contribution < -0.4 is 0 Å². The van der Waals surface area contributed by atoms with Gasteiger partial charge in [-0.3, -0.25) is 14.5 Å². The third-order valence-electron chi connectivity index (χ3n) is 4.01. The van der Waals surface area contributed by atoms with Gasteiger partial charge in [-0.15, -0.1) is 0 Å². The number of thioether (sulfide) groups is 1. The fourth-order valence-corrected chi connectivity index (χ4v) is 3.49. The van der Waals surface area contributed by atoms with Crippen LogP contribution in [0, 0.1) is 6.92 Å². The summed E-state index contributed by atoms with van der Waals surface area (Å²) >= 11 is 0.896. The fraction of sp³-hybridized carbons (Fsp3) is 0.211. The van der Waals surface area contributed by atoms with Crippen LogP contribution in [0.5, 0.6) is 0 Å². The Kier molecular flexibility index (Phi) is 4.99. The number of benzene rings is 1. The normalized spacial score (nSPS) is 15.8. The molecule has 26 heavy (non-hydrogen) atoms. The first kappa shape index (κ1) is 18.0. The molecule has 134 valence electrons. The first-order valence-corrected chi connectivity index (χ1v) is 8.80. The van der Waals surface area contributed by atoms with Gasteiger partial charge in [0.1, 0.15) is 11.5 Å². The third-order valence-corrected chi connectivity index (χ3v) is 4.92. The number of hydrogen-bond donors (Lipinski definition) is 0. The number of furan rings is 1. The van der Waals surface area contributed by atoms with Gasteiger partial charge in [0.15, 0.2) is 0 Å². The maximum atomic E-state index is 12.2. The number of esters is 1. The van der Waals surface area contributed by atoms with E-state index in [0.29, 0.717) is 28.5 Å². The summed E-state index contributed by atoms with van der Waals surface area (Å²) in [6, 6.07) is 8.69. The Balaban J connectivity index is 1.92. The Labute approximate surface area is 154 Å². The first-order valence-electron chi connectivity index (χ1n) is 7.99. The zero-order chi connectivity index (χ0) is 18.8. The van der Waals surface area contributed by atoms with Crippen molar-refractivity contribution in [3.63, 3.8) is 0 Å². The van der Waals surface area contributed by atoms with E-state index >= 15 is 0 Å². The van der Waals surface area contributed by atoms with Crippen LogP contribution in [0.25, 0.3) is 17.4 Å². The summed E-state index contributed by atoms with van der Waals surface area (Å²) in [7, 11) is 1.33. The second-order valence-electron chi connectivity index (χ2n) is 5.65. The van der Waals surface area contributed by atoms with Crippen molar-refractivity contribution in [3.8, 4) is 11.3 Å². The summed E-state index contributed by atoms with van der Waals surface area (Å²) in [6.07, 6.45) is 1.56. The van der Waals surface area contributed by atoms with Crippen molar-refractivity contribution in [1.29, 1.82) is 0 Å². The first-order chi connectivity index (χ1) is 12.4. The highest BCUT2D eigenvalue weighted by Gasteiger charge is 2.33. The molecule has 2 amide bonds. The summed E-state index contributed by atoms with van der Waals surface area (Å²) in [5.74, 6) is 0.286. The predicted molar refractivity (Wildman–Crippen MR) is 98.6 cm³/mol. The number of carbonyl (C=O) groups excluding carboxylic acids is 3. The molecule has 1 aliphatic heterocycles. The second-order valence-corrected chi connectivity index (χ2v) is 6.64. The van der Waals surface area contributed by atoms with Crippen molar-refractivity contribution in [2.24, 2.45) is 0 Å². The Morgan fingerprint density at radius 2 is 2.04 bits per heavy atom. The van der Waals surface area contributed by atoms with Crippen LogP contribution >= 0.6 is 11.8 Å². The van der Waals surface area contributed by atoms with Crippen molar-refractivity contribution in [1.82, 2.24) is 4.90 Å². The molecule has 0 radical (unpaired) electrons. The van der Waals surface area contributed by atoms with Crippen molar-refractivity contribution < 1.29 is 23.5 Å². The number of hydrogen-bond acceptors (Lipinski definition) is 6. The van der Waals surface area contributed by atoms with E-state index in [1.807, 2.05) is 13.0 Å². The third kappa shape index (κ3) is 3.30. The van der Waals surface area contributed by atoms with Crippen LogP contribution in [0.4, 0.5) is 4.79 Å². The van der Waals surface area contributed by atoms with Gasteiger partial charge < -0.3 is 9.15 Å². The Hall–Kier alpha value is -2.80. The van der Waals surface area contributed by atoms with E-state index in [9.17, 15) is 14.4 Å². The quantitative estimate of drug-likeness (QED) is 0.595. The summed E-state index contributed by atoms with van der Waals surface area (Å²) < 4.78 is 10.6. The molecule has 1 aliphatic rings.